The van der Waals surface area contributed by atoms with Crippen molar-refractivity contribution in [3.05, 3.63) is 40.9 Å². The summed E-state index contributed by atoms with van der Waals surface area (Å²) in [6, 6.07) is 1.11. The average molecular weight is 257 g/mol. The van der Waals surface area contributed by atoms with Gasteiger partial charge in [-0.3, -0.25) is 4.79 Å². The smallest absolute Gasteiger partial charge is 0.224 e. The van der Waals surface area contributed by atoms with Gasteiger partial charge in [-0.2, -0.15) is 0 Å². The number of hydrogen-bond donors (Lipinski definition) is 1. The van der Waals surface area contributed by atoms with Gasteiger partial charge in [0.15, 0.2) is 0 Å². The first-order valence-electron chi connectivity index (χ1n) is 5.25. The first kappa shape index (κ1) is 12.5. The van der Waals surface area contributed by atoms with Crippen molar-refractivity contribution in [1.29, 1.82) is 0 Å². The summed E-state index contributed by atoms with van der Waals surface area (Å²) in [6.07, 6.45) is 0.422. The molecule has 0 saturated carbocycles. The molecule has 0 spiro atoms. The third kappa shape index (κ3) is 2.18. The van der Waals surface area contributed by atoms with Gasteiger partial charge in [0, 0.05) is 25.0 Å². The molecule has 0 unspecified atom stereocenters. The zero-order valence-corrected chi connectivity index (χ0v) is 9.52. The van der Waals surface area contributed by atoms with Gasteiger partial charge in [-0.25, -0.2) is 13.2 Å². The Kier molecular flexibility index (Phi) is 3.27. The fourth-order valence-electron chi connectivity index (χ4n) is 1.81. The second-order valence-corrected chi connectivity index (χ2v) is 3.79. The summed E-state index contributed by atoms with van der Waals surface area (Å²) in [5.41, 5.74) is -0.565. The van der Waals surface area contributed by atoms with Gasteiger partial charge < -0.3 is 10.1 Å². The Balaban J connectivity index is 2.59. The third-order valence-corrected chi connectivity index (χ3v) is 2.63. The molecule has 0 aromatic heterocycles. The molecule has 1 aliphatic rings. The molecule has 1 N–H and O–H groups in total. The molecule has 1 heterocycles. The molecular formula is C12H10F3NO2. The van der Waals surface area contributed by atoms with Crippen LogP contribution in [0.15, 0.2) is 17.9 Å². The number of nitrogens with one attached hydrogen (secondary N) is 1. The van der Waals surface area contributed by atoms with E-state index in [1.165, 1.54) is 7.11 Å². The first-order chi connectivity index (χ1) is 8.52. The van der Waals surface area contributed by atoms with Crippen molar-refractivity contribution in [2.75, 3.05) is 7.11 Å². The zero-order chi connectivity index (χ0) is 13.3. The summed E-state index contributed by atoms with van der Waals surface area (Å²) in [5, 5.41) is 2.35. The second kappa shape index (κ2) is 4.72. The third-order valence-electron chi connectivity index (χ3n) is 2.63. The highest BCUT2D eigenvalue weighted by molar-refractivity contribution is 5.89. The topological polar surface area (TPSA) is 38.3 Å². The summed E-state index contributed by atoms with van der Waals surface area (Å²) in [7, 11) is 1.34. The van der Waals surface area contributed by atoms with Crippen LogP contribution in [-0.4, -0.2) is 13.0 Å². The van der Waals surface area contributed by atoms with Crippen molar-refractivity contribution in [2.24, 2.45) is 0 Å². The number of rotatable bonds is 2. The summed E-state index contributed by atoms with van der Waals surface area (Å²) in [5.74, 6) is -3.29. The molecule has 0 saturated heterocycles. The monoisotopic (exact) mass is 257 g/mol. The van der Waals surface area contributed by atoms with E-state index in [-0.39, 0.29) is 30.2 Å². The van der Waals surface area contributed by atoms with Gasteiger partial charge in [-0.05, 0) is 0 Å². The number of benzene rings is 1. The maximum Gasteiger partial charge on any atom is 0.224 e. The predicted molar refractivity (Wildman–Crippen MR) is 57.6 cm³/mol. The van der Waals surface area contributed by atoms with Crippen LogP contribution in [0.4, 0.5) is 13.2 Å². The van der Waals surface area contributed by atoms with E-state index in [0.29, 0.717) is 12.1 Å². The molecule has 96 valence electrons. The van der Waals surface area contributed by atoms with Gasteiger partial charge in [0.2, 0.25) is 5.91 Å². The Bertz CT molecular complexity index is 517. The molecule has 1 aliphatic heterocycles. The van der Waals surface area contributed by atoms with Gasteiger partial charge in [0.05, 0.1) is 18.4 Å². The second-order valence-electron chi connectivity index (χ2n) is 3.79. The van der Waals surface area contributed by atoms with E-state index in [0.717, 1.165) is 0 Å². The van der Waals surface area contributed by atoms with Gasteiger partial charge in [0.1, 0.15) is 23.2 Å². The number of hydrogen-bond acceptors (Lipinski definition) is 2. The number of amides is 1. The number of carbonyl (C=O) groups is 1. The van der Waals surface area contributed by atoms with E-state index in [9.17, 15) is 18.0 Å². The minimum Gasteiger partial charge on any atom is -0.499 e. The van der Waals surface area contributed by atoms with E-state index in [1.54, 1.807) is 0 Å². The lowest BCUT2D eigenvalue weighted by molar-refractivity contribution is -0.120. The Morgan fingerprint density at radius 1 is 1.17 bits per heavy atom. The number of halogens is 3. The predicted octanol–water partition coefficient (Wildman–Crippen LogP) is 2.33. The van der Waals surface area contributed by atoms with Crippen LogP contribution >= 0.6 is 0 Å². The quantitative estimate of drug-likeness (QED) is 0.883. The van der Waals surface area contributed by atoms with Crippen LogP contribution in [0.3, 0.4) is 0 Å². The summed E-state index contributed by atoms with van der Waals surface area (Å²) >= 11 is 0. The fraction of sp³-hybridized carbons (Fsp3) is 0.250. The van der Waals surface area contributed by atoms with Crippen LogP contribution in [0, 0.1) is 17.5 Å². The Morgan fingerprint density at radius 2 is 1.78 bits per heavy atom. The van der Waals surface area contributed by atoms with Crippen LogP contribution in [0.2, 0.25) is 0 Å². The largest absolute Gasteiger partial charge is 0.499 e. The van der Waals surface area contributed by atoms with Gasteiger partial charge in [-0.1, -0.05) is 0 Å². The maximum absolute atomic E-state index is 13.6. The molecular weight excluding hydrogens is 247 g/mol. The Hall–Kier alpha value is -1.98. The number of methoxy groups -OCH3 is 1. The number of allylic oxidation sites excluding steroid dienone is 1. The lowest BCUT2D eigenvalue weighted by Gasteiger charge is -2.20. The van der Waals surface area contributed by atoms with Crippen molar-refractivity contribution in [3.63, 3.8) is 0 Å². The van der Waals surface area contributed by atoms with Crippen LogP contribution in [-0.2, 0) is 9.53 Å². The Morgan fingerprint density at radius 3 is 2.33 bits per heavy atom. The van der Waals surface area contributed by atoms with Gasteiger partial charge in [-0.15, -0.1) is 0 Å². The molecule has 6 heteroatoms. The lowest BCUT2D eigenvalue weighted by atomic mass is 10.0. The SMILES string of the molecule is COC1=C(c2c(F)cc(F)cc2F)NC(=O)CC1. The normalized spacial score (nSPS) is 15.7. The zero-order valence-electron chi connectivity index (χ0n) is 9.52. The Labute approximate surface area is 101 Å². The number of ether oxygens (including phenoxy) is 1. The highest BCUT2D eigenvalue weighted by Crippen LogP contribution is 2.28. The van der Waals surface area contributed by atoms with Crippen LogP contribution < -0.4 is 5.32 Å². The molecule has 1 amide bonds. The van der Waals surface area contributed by atoms with Crippen LogP contribution in [0.5, 0.6) is 0 Å². The van der Waals surface area contributed by atoms with E-state index in [4.69, 9.17) is 4.74 Å². The minimum absolute atomic E-state index is 0.0799. The summed E-state index contributed by atoms with van der Waals surface area (Å²) in [4.78, 5) is 11.3. The molecule has 3 nitrogen and oxygen atoms in total. The number of carbonyl (C=O) groups excluding carboxylic acids is 1. The van der Waals surface area contributed by atoms with Gasteiger partial charge >= 0.3 is 0 Å². The molecule has 1 aromatic carbocycles. The highest BCUT2D eigenvalue weighted by Gasteiger charge is 2.25. The molecule has 1 aromatic rings. The first-order valence-corrected chi connectivity index (χ1v) is 5.25. The standard InChI is InChI=1S/C12H10F3NO2/c1-18-9-2-3-10(17)16-12(9)11-7(14)4-6(13)5-8(11)15/h4-5H,2-3H2,1H3,(H,16,17). The molecule has 2 rings (SSSR count). The van der Waals surface area contributed by atoms with Crippen molar-refractivity contribution in [2.45, 2.75) is 12.8 Å². The van der Waals surface area contributed by atoms with E-state index >= 15 is 0 Å². The van der Waals surface area contributed by atoms with Gasteiger partial charge in [0.25, 0.3) is 0 Å². The van der Waals surface area contributed by atoms with Crippen LogP contribution in [0.1, 0.15) is 18.4 Å². The van der Waals surface area contributed by atoms with Crippen LogP contribution in [0.25, 0.3) is 5.70 Å². The fourth-order valence-corrected chi connectivity index (χ4v) is 1.81. The molecule has 0 atom stereocenters. The average Bonchev–Trinajstić information content (AvgIpc) is 2.28. The molecule has 0 aliphatic carbocycles. The van der Waals surface area contributed by atoms with Crippen molar-refractivity contribution >= 4 is 11.6 Å². The maximum atomic E-state index is 13.6. The van der Waals surface area contributed by atoms with Crippen molar-refractivity contribution in [1.82, 2.24) is 5.32 Å². The van der Waals surface area contributed by atoms with E-state index in [1.807, 2.05) is 0 Å². The van der Waals surface area contributed by atoms with E-state index in [2.05, 4.69) is 5.32 Å². The molecule has 0 bridgehead atoms. The van der Waals surface area contributed by atoms with Crippen molar-refractivity contribution < 1.29 is 22.7 Å². The highest BCUT2D eigenvalue weighted by atomic mass is 19.1. The minimum atomic E-state index is -1.08. The van der Waals surface area contributed by atoms with Crippen molar-refractivity contribution in [3.8, 4) is 0 Å². The molecule has 0 fully saturated rings. The molecule has 0 radical (unpaired) electrons. The summed E-state index contributed by atoms with van der Waals surface area (Å²) in [6.45, 7) is 0. The lowest BCUT2D eigenvalue weighted by Crippen LogP contribution is -2.28. The van der Waals surface area contributed by atoms with E-state index < -0.39 is 23.0 Å². The molecule has 18 heavy (non-hydrogen) atoms. The summed E-state index contributed by atoms with van der Waals surface area (Å²) < 4.78 is 45.0.